The maximum Gasteiger partial charge on any atom is 0.396 e. The van der Waals surface area contributed by atoms with Crippen LogP contribution < -0.4 is 5.32 Å². The maximum atomic E-state index is 12.6. The smallest absolute Gasteiger partial charge is 0.396 e. The Balaban J connectivity index is 2.68. The predicted octanol–water partition coefficient (Wildman–Crippen LogP) is -0.146. The van der Waals surface area contributed by atoms with Crippen molar-refractivity contribution < 1.29 is 19.1 Å². The summed E-state index contributed by atoms with van der Waals surface area (Å²) >= 11 is 0. The third-order valence-electron chi connectivity index (χ3n) is 3.59. The molecule has 7 nitrogen and oxygen atoms in total. The molecule has 0 spiro atoms. The zero-order chi connectivity index (χ0) is 16.7. The van der Waals surface area contributed by atoms with Gasteiger partial charge in [0.15, 0.2) is 0 Å². The fourth-order valence-corrected chi connectivity index (χ4v) is 2.35. The van der Waals surface area contributed by atoms with E-state index in [0.717, 1.165) is 13.1 Å². The van der Waals surface area contributed by atoms with Crippen LogP contribution in [0, 0.1) is 5.92 Å². The van der Waals surface area contributed by atoms with Gasteiger partial charge in [0.25, 0.3) is 0 Å². The number of carbonyl (C=O) groups excluding carboxylic acids is 3. The van der Waals surface area contributed by atoms with Crippen LogP contribution in [0.15, 0.2) is 0 Å². The largest absolute Gasteiger partial charge is 0.459 e. The average Bonchev–Trinajstić information content (AvgIpc) is 2.46. The molecule has 0 aliphatic carbocycles. The van der Waals surface area contributed by atoms with Crippen molar-refractivity contribution in [1.29, 1.82) is 0 Å². The van der Waals surface area contributed by atoms with E-state index >= 15 is 0 Å². The summed E-state index contributed by atoms with van der Waals surface area (Å²) in [4.78, 5) is 39.7. The Hall–Kier alpha value is -1.63. The van der Waals surface area contributed by atoms with E-state index < -0.39 is 17.9 Å². The minimum Gasteiger partial charge on any atom is -0.459 e. The molecule has 2 amide bonds. The molecular weight excluding hydrogens is 286 g/mol. The summed E-state index contributed by atoms with van der Waals surface area (Å²) in [6, 6.07) is -0.680. The van der Waals surface area contributed by atoms with E-state index in [2.05, 4.69) is 15.0 Å². The van der Waals surface area contributed by atoms with Gasteiger partial charge in [0.05, 0.1) is 6.61 Å². The van der Waals surface area contributed by atoms with Crippen molar-refractivity contribution in [3.63, 3.8) is 0 Å². The highest BCUT2D eigenvalue weighted by Crippen LogP contribution is 2.10. The van der Waals surface area contributed by atoms with Gasteiger partial charge in [-0.25, -0.2) is 4.79 Å². The average molecular weight is 313 g/mol. The molecule has 1 fully saturated rings. The molecule has 0 unspecified atom stereocenters. The second-order valence-corrected chi connectivity index (χ2v) is 6.00. The number of ether oxygens (including phenoxy) is 1. The van der Waals surface area contributed by atoms with E-state index in [-0.39, 0.29) is 18.4 Å². The van der Waals surface area contributed by atoms with Gasteiger partial charge in [0, 0.05) is 26.2 Å². The fourth-order valence-electron chi connectivity index (χ4n) is 2.35. The molecule has 0 aromatic carbocycles. The lowest BCUT2D eigenvalue weighted by molar-refractivity contribution is -0.155. The topological polar surface area (TPSA) is 78.9 Å². The van der Waals surface area contributed by atoms with Crippen LogP contribution in [-0.2, 0) is 19.1 Å². The number of nitrogens with zero attached hydrogens (tertiary/aromatic N) is 2. The molecule has 7 heteroatoms. The van der Waals surface area contributed by atoms with Gasteiger partial charge in [-0.1, -0.05) is 13.8 Å². The zero-order valence-electron chi connectivity index (χ0n) is 13.9. The number of hydrogen-bond donors (Lipinski definition) is 1. The van der Waals surface area contributed by atoms with Crippen LogP contribution in [0.25, 0.3) is 0 Å². The van der Waals surface area contributed by atoms with Crippen LogP contribution in [0.5, 0.6) is 0 Å². The van der Waals surface area contributed by atoms with Gasteiger partial charge in [-0.05, 0) is 26.3 Å². The summed E-state index contributed by atoms with van der Waals surface area (Å²) in [7, 11) is 2.01. The first-order valence-electron chi connectivity index (χ1n) is 7.80. The van der Waals surface area contributed by atoms with Crippen molar-refractivity contribution >= 4 is 17.8 Å². The molecule has 1 saturated heterocycles. The fraction of sp³-hybridized carbons (Fsp3) is 0.800. The van der Waals surface area contributed by atoms with E-state index in [4.69, 9.17) is 0 Å². The molecule has 1 aliphatic heterocycles. The molecular formula is C15H27N3O4. The highest BCUT2D eigenvalue weighted by atomic mass is 16.5. The van der Waals surface area contributed by atoms with Crippen LogP contribution in [0.2, 0.25) is 0 Å². The molecule has 0 radical (unpaired) electrons. The number of likely N-dealkylation sites (N-methyl/N-ethyl adjacent to an activating group) is 1. The molecule has 1 heterocycles. The van der Waals surface area contributed by atoms with Gasteiger partial charge in [-0.15, -0.1) is 0 Å². The number of carbonyl (C=O) groups is 3. The lowest BCUT2D eigenvalue weighted by Crippen LogP contribution is -2.55. The molecule has 1 aliphatic rings. The van der Waals surface area contributed by atoms with Crippen molar-refractivity contribution in [2.24, 2.45) is 5.92 Å². The molecule has 0 aromatic heterocycles. The second-order valence-electron chi connectivity index (χ2n) is 6.00. The van der Waals surface area contributed by atoms with Crippen molar-refractivity contribution in [3.05, 3.63) is 0 Å². The molecule has 126 valence electrons. The maximum absolute atomic E-state index is 12.6. The van der Waals surface area contributed by atoms with Gasteiger partial charge in [-0.3, -0.25) is 9.59 Å². The molecule has 1 atom stereocenters. The van der Waals surface area contributed by atoms with Crippen LogP contribution in [0.4, 0.5) is 0 Å². The number of nitrogens with one attached hydrogen (secondary N) is 1. The Morgan fingerprint density at radius 2 is 1.73 bits per heavy atom. The summed E-state index contributed by atoms with van der Waals surface area (Å²) in [5, 5.41) is 2.52. The quantitative estimate of drug-likeness (QED) is 0.564. The zero-order valence-corrected chi connectivity index (χ0v) is 13.9. The molecule has 0 saturated carbocycles. The van der Waals surface area contributed by atoms with E-state index in [1.54, 1.807) is 11.8 Å². The van der Waals surface area contributed by atoms with Gasteiger partial charge >= 0.3 is 11.9 Å². The minimum absolute atomic E-state index is 0.126. The van der Waals surface area contributed by atoms with Gasteiger partial charge in [-0.2, -0.15) is 0 Å². The Bertz CT molecular complexity index is 404. The number of esters is 1. The monoisotopic (exact) mass is 313 g/mol. The number of hydrogen-bond acceptors (Lipinski definition) is 5. The van der Waals surface area contributed by atoms with E-state index in [1.807, 2.05) is 20.9 Å². The Kier molecular flexibility index (Phi) is 7.31. The summed E-state index contributed by atoms with van der Waals surface area (Å²) in [6.07, 6.45) is 0.496. The summed E-state index contributed by atoms with van der Waals surface area (Å²) in [5.74, 6) is -1.69. The Labute approximate surface area is 132 Å². The van der Waals surface area contributed by atoms with Crippen LogP contribution in [0.1, 0.15) is 27.2 Å². The van der Waals surface area contributed by atoms with Crippen LogP contribution in [0.3, 0.4) is 0 Å². The number of piperazine rings is 1. The van der Waals surface area contributed by atoms with Crippen LogP contribution in [-0.4, -0.2) is 73.5 Å². The second kappa shape index (κ2) is 8.73. The van der Waals surface area contributed by atoms with Crippen molar-refractivity contribution in [1.82, 2.24) is 15.1 Å². The number of amides is 2. The lowest BCUT2D eigenvalue weighted by Gasteiger charge is -2.35. The summed E-state index contributed by atoms with van der Waals surface area (Å²) in [6.45, 7) is 8.61. The third-order valence-corrected chi connectivity index (χ3v) is 3.59. The van der Waals surface area contributed by atoms with Crippen molar-refractivity contribution in [2.75, 3.05) is 39.8 Å². The first-order valence-corrected chi connectivity index (χ1v) is 7.80. The summed E-state index contributed by atoms with van der Waals surface area (Å²) in [5.41, 5.74) is 0. The Morgan fingerprint density at radius 3 is 2.23 bits per heavy atom. The van der Waals surface area contributed by atoms with Gasteiger partial charge in [0.1, 0.15) is 6.04 Å². The van der Waals surface area contributed by atoms with Crippen molar-refractivity contribution in [2.45, 2.75) is 33.2 Å². The molecule has 0 bridgehead atoms. The molecule has 22 heavy (non-hydrogen) atoms. The van der Waals surface area contributed by atoms with Crippen LogP contribution >= 0.6 is 0 Å². The van der Waals surface area contributed by atoms with Crippen molar-refractivity contribution in [3.8, 4) is 0 Å². The minimum atomic E-state index is -0.942. The SMILES string of the molecule is CCOC(=O)C(=O)N[C@@H](CC(C)C)C(=O)N1CCN(C)CC1. The van der Waals surface area contributed by atoms with Gasteiger partial charge in [0.2, 0.25) is 5.91 Å². The molecule has 0 aromatic rings. The highest BCUT2D eigenvalue weighted by Gasteiger charge is 2.30. The van der Waals surface area contributed by atoms with E-state index in [0.29, 0.717) is 19.5 Å². The Morgan fingerprint density at radius 1 is 1.14 bits per heavy atom. The number of rotatable bonds is 5. The first-order chi connectivity index (χ1) is 10.3. The van der Waals surface area contributed by atoms with E-state index in [9.17, 15) is 14.4 Å². The highest BCUT2D eigenvalue weighted by molar-refractivity contribution is 6.32. The lowest BCUT2D eigenvalue weighted by atomic mass is 10.0. The van der Waals surface area contributed by atoms with Gasteiger partial charge < -0.3 is 19.9 Å². The third kappa shape index (κ3) is 5.63. The predicted molar refractivity (Wildman–Crippen MR) is 82.1 cm³/mol. The molecule has 1 rings (SSSR count). The summed E-state index contributed by atoms with van der Waals surface area (Å²) < 4.78 is 4.67. The molecule has 1 N–H and O–H groups in total. The normalized spacial score (nSPS) is 17.2. The van der Waals surface area contributed by atoms with E-state index in [1.165, 1.54) is 0 Å². The first kappa shape index (κ1) is 18.4. The standard InChI is InChI=1S/C15H27N3O4/c1-5-22-15(21)13(19)16-12(10-11(2)3)14(20)18-8-6-17(4)7-9-18/h11-12H,5-10H2,1-4H3,(H,16,19)/t12-/m0/s1.